The summed E-state index contributed by atoms with van der Waals surface area (Å²) in [6.45, 7) is 2.36. The molecule has 0 radical (unpaired) electrons. The Labute approximate surface area is 614 Å². The smallest absolute Gasteiger partial charge is 0.463 e. The number of allylic oxidation sites excluding steroid dienone is 22. The van der Waals surface area contributed by atoms with Crippen LogP contribution >= 0.6 is 15.6 Å². The summed E-state index contributed by atoms with van der Waals surface area (Å²) < 4.78 is 61.0. The topological polar surface area (TPSA) is 231 Å². The van der Waals surface area contributed by atoms with Crippen molar-refractivity contribution in [1.82, 2.24) is 0 Å². The number of phosphoric acid groups is 2. The van der Waals surface area contributed by atoms with Gasteiger partial charge in [-0.2, -0.15) is 0 Å². The van der Waals surface area contributed by atoms with E-state index in [9.17, 15) is 43.5 Å². The van der Waals surface area contributed by atoms with Crippen molar-refractivity contribution in [2.45, 2.75) is 334 Å². The molecule has 0 heterocycles. The lowest BCUT2D eigenvalue weighted by Gasteiger charge is -2.21. The number of ether oxygens (including phenoxy) is 3. The van der Waals surface area contributed by atoms with Crippen molar-refractivity contribution in [1.29, 1.82) is 0 Å². The largest absolute Gasteiger partial charge is 0.472 e. The molecule has 4 N–H and O–H groups in total. The molecule has 0 spiro atoms. The second-order valence-electron chi connectivity index (χ2n) is 26.1. The molecule has 101 heavy (non-hydrogen) atoms. The number of unbranched alkanes of at least 4 members (excludes halogenated alkanes) is 29. The van der Waals surface area contributed by atoms with Crippen LogP contribution < -0.4 is 0 Å². The van der Waals surface area contributed by atoms with Gasteiger partial charge in [-0.15, -0.1) is 0 Å². The van der Waals surface area contributed by atoms with E-state index >= 15 is 0 Å². The average Bonchev–Trinajstić information content (AvgIpc) is 0.933. The van der Waals surface area contributed by atoms with Crippen LogP contribution in [0.1, 0.15) is 316 Å². The van der Waals surface area contributed by atoms with Crippen LogP contribution in [0.15, 0.2) is 134 Å². The minimum atomic E-state index is -4.94. The molecule has 0 fully saturated rings. The van der Waals surface area contributed by atoms with Crippen molar-refractivity contribution in [2.75, 3.05) is 39.6 Å². The normalized spacial score (nSPS) is 14.7. The van der Waals surface area contributed by atoms with Gasteiger partial charge in [0.1, 0.15) is 25.4 Å². The highest BCUT2D eigenvalue weighted by molar-refractivity contribution is 7.47. The van der Waals surface area contributed by atoms with Crippen LogP contribution in [-0.4, -0.2) is 95.9 Å². The average molecular weight is 1460 g/mol. The van der Waals surface area contributed by atoms with Gasteiger partial charge in [-0.25, -0.2) is 9.13 Å². The summed E-state index contributed by atoms with van der Waals surface area (Å²) in [5, 5.41) is 20.6. The van der Waals surface area contributed by atoms with E-state index in [1.165, 1.54) is 89.9 Å². The molecule has 0 bridgehead atoms. The summed E-state index contributed by atoms with van der Waals surface area (Å²) in [4.78, 5) is 58.5. The molecule has 0 saturated heterocycles. The van der Waals surface area contributed by atoms with Crippen LogP contribution in [0, 0.1) is 0 Å². The highest BCUT2D eigenvalue weighted by Crippen LogP contribution is 2.45. The first kappa shape index (κ1) is 96.7. The Bertz CT molecular complexity index is 2370. The second kappa shape index (κ2) is 75.4. The Morgan fingerprint density at radius 3 is 0.832 bits per heavy atom. The van der Waals surface area contributed by atoms with Crippen LogP contribution in [0.25, 0.3) is 0 Å². The summed E-state index contributed by atoms with van der Waals surface area (Å²) in [5.41, 5.74) is 0. The van der Waals surface area contributed by atoms with Gasteiger partial charge in [0.25, 0.3) is 0 Å². The zero-order valence-corrected chi connectivity index (χ0v) is 65.1. The summed E-state index contributed by atoms with van der Waals surface area (Å²) in [6, 6.07) is 0. The molecule has 0 aliphatic rings. The molecule has 0 amide bonds. The SMILES string of the molecule is CC/C=C\C/C=C\C/C=C\C/C=C\C/C=C\CCCCCCCCCCCCCCCCCCCC(=O)OCC(O)COP(=O)(O)OCC(O)COP(=O)(O)OCC(COC(=O)CCCCCCCC/C=C\C/C=C\C/C=C\C/C=C\CC)OC(=O)CCCCCCC/C=C\C/C=C\CCC. The number of esters is 3. The van der Waals surface area contributed by atoms with Crippen molar-refractivity contribution in [3.63, 3.8) is 0 Å². The molecule has 0 aromatic rings. The van der Waals surface area contributed by atoms with Crippen LogP contribution in [-0.2, 0) is 55.8 Å². The van der Waals surface area contributed by atoms with Crippen LogP contribution in [0.3, 0.4) is 0 Å². The molecular formula is C83H142O16P2. The van der Waals surface area contributed by atoms with Gasteiger partial charge in [-0.05, 0) is 128 Å². The molecule has 0 aliphatic heterocycles. The molecule has 16 nitrogen and oxygen atoms in total. The predicted molar refractivity (Wildman–Crippen MR) is 417 cm³/mol. The van der Waals surface area contributed by atoms with Gasteiger partial charge in [0, 0.05) is 19.3 Å². The van der Waals surface area contributed by atoms with Crippen LogP contribution in [0.4, 0.5) is 0 Å². The molecule has 0 aromatic heterocycles. The second-order valence-corrected chi connectivity index (χ2v) is 29.0. The molecule has 5 unspecified atom stereocenters. The fraction of sp³-hybridized carbons (Fsp3) is 0.699. The quantitative estimate of drug-likeness (QED) is 0.0146. The Balaban J connectivity index is 4.41. The van der Waals surface area contributed by atoms with Crippen LogP contribution in [0.2, 0.25) is 0 Å². The minimum absolute atomic E-state index is 0.0829. The number of aliphatic hydroxyl groups is 2. The van der Waals surface area contributed by atoms with Crippen molar-refractivity contribution in [3.05, 3.63) is 134 Å². The number of hydrogen-bond acceptors (Lipinski definition) is 14. The van der Waals surface area contributed by atoms with Gasteiger partial charge in [0.15, 0.2) is 6.10 Å². The summed E-state index contributed by atoms with van der Waals surface area (Å²) in [5.74, 6) is -1.60. The van der Waals surface area contributed by atoms with E-state index < -0.39 is 91.5 Å². The zero-order chi connectivity index (χ0) is 73.7. The molecule has 0 rings (SSSR count). The van der Waals surface area contributed by atoms with E-state index in [2.05, 4.69) is 154 Å². The monoisotopic (exact) mass is 1460 g/mol. The lowest BCUT2D eigenvalue weighted by Crippen LogP contribution is -2.30. The third-order valence-electron chi connectivity index (χ3n) is 16.3. The third-order valence-corrected chi connectivity index (χ3v) is 18.2. The van der Waals surface area contributed by atoms with Crippen molar-refractivity contribution >= 4 is 33.6 Å². The van der Waals surface area contributed by atoms with Crippen LogP contribution in [0.5, 0.6) is 0 Å². The van der Waals surface area contributed by atoms with E-state index in [-0.39, 0.29) is 19.3 Å². The zero-order valence-electron chi connectivity index (χ0n) is 63.3. The molecule has 0 aliphatic carbocycles. The Hall–Kier alpha value is -4.31. The Morgan fingerprint density at radius 2 is 0.525 bits per heavy atom. The third kappa shape index (κ3) is 76.6. The Morgan fingerprint density at radius 1 is 0.287 bits per heavy atom. The fourth-order valence-electron chi connectivity index (χ4n) is 10.4. The van der Waals surface area contributed by atoms with Crippen molar-refractivity contribution in [3.8, 4) is 0 Å². The summed E-state index contributed by atoms with van der Waals surface area (Å²) >= 11 is 0. The maximum Gasteiger partial charge on any atom is 0.472 e. The number of aliphatic hydroxyl groups excluding tert-OH is 2. The molecule has 5 atom stereocenters. The first-order valence-electron chi connectivity index (χ1n) is 39.5. The van der Waals surface area contributed by atoms with Crippen molar-refractivity contribution < 1.29 is 75.8 Å². The van der Waals surface area contributed by atoms with E-state index in [0.717, 1.165) is 167 Å². The van der Waals surface area contributed by atoms with Gasteiger partial charge >= 0.3 is 33.6 Å². The van der Waals surface area contributed by atoms with Gasteiger partial charge in [-0.3, -0.25) is 32.5 Å². The molecule has 0 aromatic carbocycles. The summed E-state index contributed by atoms with van der Waals surface area (Å²) in [6.07, 6.45) is 90.9. The highest BCUT2D eigenvalue weighted by Gasteiger charge is 2.29. The fourth-order valence-corrected chi connectivity index (χ4v) is 12.0. The molecular weight excluding hydrogens is 1310 g/mol. The van der Waals surface area contributed by atoms with Gasteiger partial charge in [0.05, 0.1) is 26.4 Å². The molecule has 18 heteroatoms. The summed E-state index contributed by atoms with van der Waals surface area (Å²) in [7, 11) is -9.79. The molecule has 580 valence electrons. The number of carbonyl (C=O) groups excluding carboxylic acids is 3. The highest BCUT2D eigenvalue weighted by atomic mass is 31.2. The van der Waals surface area contributed by atoms with E-state index in [1.54, 1.807) is 0 Å². The lowest BCUT2D eigenvalue weighted by molar-refractivity contribution is -0.161. The number of carbonyl (C=O) groups is 3. The Kier molecular flexibility index (Phi) is 72.2. The van der Waals surface area contributed by atoms with E-state index in [1.807, 2.05) is 0 Å². The van der Waals surface area contributed by atoms with Gasteiger partial charge in [0.2, 0.25) is 0 Å². The minimum Gasteiger partial charge on any atom is -0.463 e. The first-order valence-corrected chi connectivity index (χ1v) is 42.5. The maximum atomic E-state index is 12.9. The number of hydrogen-bond donors (Lipinski definition) is 4. The van der Waals surface area contributed by atoms with E-state index in [4.69, 9.17) is 32.3 Å². The maximum absolute atomic E-state index is 12.9. The standard InChI is InChI=1S/C83H142O16P2/c1-4-7-10-13-16-19-22-25-27-29-31-32-33-34-35-36-37-38-39-40-41-42-43-44-46-48-49-52-54-57-60-63-66-69-81(86)93-72-78(84)73-95-100(89,90)96-74-79(85)75-97-101(91,92)98-77-80(99-83(88)71-68-65-62-59-56-51-24-21-18-15-12-9-6-3)76-94-82(87)70-67-64-61-58-55-53-50-47-45-30-28-26-23-20-17-14-11-8-5-2/h7-8,10-12,15-17,19-21,24-28,31-32,34-35,45,47,78-80,84-85H,4-6,9,13-14,18,22-23,29-30,33,36-44,46,48-77H2,1-3H3,(H,89,90)(H,91,92)/b10-7-,11-8-,15-12-,19-16-,20-17-,24-21-,27-25-,28-26-,32-31-,35-34-,47-45-. The van der Waals surface area contributed by atoms with Gasteiger partial charge in [-0.1, -0.05) is 302 Å². The van der Waals surface area contributed by atoms with E-state index in [0.29, 0.717) is 19.3 Å². The van der Waals surface area contributed by atoms with Gasteiger partial charge < -0.3 is 34.2 Å². The molecule has 0 saturated carbocycles. The predicted octanol–water partition coefficient (Wildman–Crippen LogP) is 23.1. The number of phosphoric ester groups is 2. The first-order chi connectivity index (χ1) is 49.2. The lowest BCUT2D eigenvalue weighted by atomic mass is 10.0. The van der Waals surface area contributed by atoms with Crippen molar-refractivity contribution in [2.24, 2.45) is 0 Å². The number of rotatable bonds is 74.